The Bertz CT molecular complexity index is 695. The van der Waals surface area contributed by atoms with Crippen LogP contribution in [0.1, 0.15) is 30.5 Å². The van der Waals surface area contributed by atoms with Gasteiger partial charge in [0.15, 0.2) is 5.96 Å². The van der Waals surface area contributed by atoms with Crippen LogP contribution >= 0.6 is 24.0 Å². The molecule has 0 saturated heterocycles. The lowest BCUT2D eigenvalue weighted by Crippen LogP contribution is -2.40. The number of rotatable bonds is 10. The Morgan fingerprint density at radius 2 is 1.71 bits per heavy atom. The zero-order valence-corrected chi connectivity index (χ0v) is 19.1. The van der Waals surface area contributed by atoms with Crippen LogP contribution in [0.25, 0.3) is 0 Å². The van der Waals surface area contributed by atoms with Crippen molar-refractivity contribution in [3.63, 3.8) is 0 Å². The van der Waals surface area contributed by atoms with Crippen LogP contribution in [-0.2, 0) is 24.5 Å². The molecular formula is C22H32IN3O2. The summed E-state index contributed by atoms with van der Waals surface area (Å²) >= 11 is 0. The molecule has 2 aromatic carbocycles. The van der Waals surface area contributed by atoms with Crippen LogP contribution in [0.3, 0.4) is 0 Å². The van der Waals surface area contributed by atoms with Gasteiger partial charge >= 0.3 is 0 Å². The molecule has 0 radical (unpaired) electrons. The van der Waals surface area contributed by atoms with E-state index in [1.165, 1.54) is 5.56 Å². The minimum atomic E-state index is 0. The first-order valence-electron chi connectivity index (χ1n) is 9.54. The van der Waals surface area contributed by atoms with Gasteiger partial charge in [-0.1, -0.05) is 61.5 Å². The fraction of sp³-hybridized carbons (Fsp3) is 0.409. The fourth-order valence-corrected chi connectivity index (χ4v) is 2.65. The number of aliphatic hydroxyl groups excluding tert-OH is 1. The van der Waals surface area contributed by atoms with Crippen LogP contribution in [0.5, 0.6) is 0 Å². The summed E-state index contributed by atoms with van der Waals surface area (Å²) in [6.45, 7) is 7.67. The van der Waals surface area contributed by atoms with Gasteiger partial charge in [0, 0.05) is 13.1 Å². The van der Waals surface area contributed by atoms with Crippen LogP contribution in [0.4, 0.5) is 0 Å². The van der Waals surface area contributed by atoms with Crippen molar-refractivity contribution >= 4 is 29.9 Å². The van der Waals surface area contributed by atoms with Crippen LogP contribution in [-0.4, -0.2) is 30.8 Å². The molecule has 0 aliphatic heterocycles. The number of hydrogen-bond acceptors (Lipinski definition) is 3. The smallest absolute Gasteiger partial charge is 0.191 e. The summed E-state index contributed by atoms with van der Waals surface area (Å²) in [6.07, 6.45) is 0. The normalized spacial score (nSPS) is 12.2. The van der Waals surface area contributed by atoms with E-state index in [2.05, 4.69) is 34.7 Å². The Labute approximate surface area is 185 Å². The van der Waals surface area contributed by atoms with E-state index in [0.717, 1.165) is 30.2 Å². The quantitative estimate of drug-likeness (QED) is 0.266. The van der Waals surface area contributed by atoms with Crippen LogP contribution < -0.4 is 10.6 Å². The van der Waals surface area contributed by atoms with Crippen molar-refractivity contribution in [1.29, 1.82) is 0 Å². The number of ether oxygens (including phenoxy) is 1. The van der Waals surface area contributed by atoms with Gasteiger partial charge in [-0.25, -0.2) is 4.99 Å². The number of benzene rings is 2. The van der Waals surface area contributed by atoms with Crippen molar-refractivity contribution in [2.75, 3.05) is 19.7 Å². The highest BCUT2D eigenvalue weighted by Gasteiger charge is 2.06. The highest BCUT2D eigenvalue weighted by Crippen LogP contribution is 2.09. The predicted molar refractivity (Wildman–Crippen MR) is 126 cm³/mol. The third-order valence-corrected chi connectivity index (χ3v) is 4.17. The highest BCUT2D eigenvalue weighted by atomic mass is 127. The lowest BCUT2D eigenvalue weighted by molar-refractivity contribution is 0.0931. The molecule has 0 spiro atoms. The summed E-state index contributed by atoms with van der Waals surface area (Å²) in [5, 5.41) is 16.1. The molecule has 0 amide bonds. The number of guanidine groups is 1. The zero-order chi connectivity index (χ0) is 19.3. The predicted octanol–water partition coefficient (Wildman–Crippen LogP) is 3.70. The molecule has 0 aliphatic rings. The first-order chi connectivity index (χ1) is 13.2. The first-order valence-corrected chi connectivity index (χ1v) is 9.54. The number of nitrogens with zero attached hydrogens (tertiary/aromatic N) is 1. The van der Waals surface area contributed by atoms with E-state index in [4.69, 9.17) is 4.74 Å². The van der Waals surface area contributed by atoms with E-state index >= 15 is 0 Å². The molecule has 1 unspecified atom stereocenters. The molecule has 0 aliphatic carbocycles. The van der Waals surface area contributed by atoms with Gasteiger partial charge in [0.25, 0.3) is 0 Å². The molecule has 0 heterocycles. The Balaban J connectivity index is 0.00000392. The molecule has 28 heavy (non-hydrogen) atoms. The van der Waals surface area contributed by atoms with Crippen LogP contribution in [0, 0.1) is 5.92 Å². The average molecular weight is 497 g/mol. The topological polar surface area (TPSA) is 65.9 Å². The van der Waals surface area contributed by atoms with Crippen molar-refractivity contribution in [2.45, 2.75) is 33.6 Å². The lowest BCUT2D eigenvalue weighted by atomic mass is 10.1. The monoisotopic (exact) mass is 497 g/mol. The van der Waals surface area contributed by atoms with Gasteiger partial charge in [-0.3, -0.25) is 0 Å². The molecule has 0 saturated carbocycles. The molecular weight excluding hydrogens is 465 g/mol. The van der Waals surface area contributed by atoms with Gasteiger partial charge in [0.05, 0.1) is 26.4 Å². The van der Waals surface area contributed by atoms with E-state index in [-0.39, 0.29) is 30.6 Å². The van der Waals surface area contributed by atoms with Crippen LogP contribution in [0.2, 0.25) is 0 Å². The maximum atomic E-state index is 9.43. The second-order valence-electron chi connectivity index (χ2n) is 6.61. The number of halogens is 1. The van der Waals surface area contributed by atoms with Crippen molar-refractivity contribution in [2.24, 2.45) is 10.9 Å². The summed E-state index contributed by atoms with van der Waals surface area (Å²) in [5.74, 6) is 1.14. The molecule has 6 heteroatoms. The average Bonchev–Trinajstić information content (AvgIpc) is 2.71. The van der Waals surface area contributed by atoms with E-state index in [1.54, 1.807) is 0 Å². The summed E-state index contributed by atoms with van der Waals surface area (Å²) in [4.78, 5) is 4.63. The maximum Gasteiger partial charge on any atom is 0.191 e. The number of hydrogen-bond donors (Lipinski definition) is 3. The maximum absolute atomic E-state index is 9.43. The second kappa shape index (κ2) is 14.4. The summed E-state index contributed by atoms with van der Waals surface area (Å²) < 4.78 is 5.81. The van der Waals surface area contributed by atoms with E-state index in [9.17, 15) is 5.11 Å². The Morgan fingerprint density at radius 3 is 2.39 bits per heavy atom. The molecule has 0 aromatic heterocycles. The summed E-state index contributed by atoms with van der Waals surface area (Å²) in [6, 6.07) is 18.0. The lowest BCUT2D eigenvalue weighted by Gasteiger charge is -2.16. The Morgan fingerprint density at radius 1 is 1.04 bits per heavy atom. The number of aliphatic hydroxyl groups is 1. The first kappa shape index (κ1) is 24.4. The zero-order valence-electron chi connectivity index (χ0n) is 16.7. The summed E-state index contributed by atoms with van der Waals surface area (Å²) in [5.41, 5.74) is 3.14. The molecule has 1 atom stereocenters. The minimum absolute atomic E-state index is 0. The molecule has 0 bridgehead atoms. The highest BCUT2D eigenvalue weighted by molar-refractivity contribution is 14.0. The second-order valence-corrected chi connectivity index (χ2v) is 6.61. The molecule has 154 valence electrons. The Hall–Kier alpha value is -1.64. The van der Waals surface area contributed by atoms with Crippen molar-refractivity contribution in [3.8, 4) is 0 Å². The van der Waals surface area contributed by atoms with E-state index in [1.807, 2.05) is 49.4 Å². The van der Waals surface area contributed by atoms with Gasteiger partial charge in [-0.05, 0) is 29.5 Å². The minimum Gasteiger partial charge on any atom is -0.392 e. The summed E-state index contributed by atoms with van der Waals surface area (Å²) in [7, 11) is 0. The number of nitrogens with one attached hydrogen (secondary N) is 2. The molecule has 3 N–H and O–H groups in total. The van der Waals surface area contributed by atoms with Crippen LogP contribution in [0.15, 0.2) is 59.6 Å². The number of aliphatic imine (C=N–C) groups is 1. The van der Waals surface area contributed by atoms with Gasteiger partial charge in [-0.2, -0.15) is 0 Å². The van der Waals surface area contributed by atoms with Crippen molar-refractivity contribution in [1.82, 2.24) is 10.6 Å². The fourth-order valence-electron chi connectivity index (χ4n) is 2.65. The van der Waals surface area contributed by atoms with Crippen molar-refractivity contribution in [3.05, 3.63) is 71.3 Å². The Kier molecular flexibility index (Phi) is 12.5. The van der Waals surface area contributed by atoms with Crippen molar-refractivity contribution < 1.29 is 9.84 Å². The molecule has 2 aromatic rings. The molecule has 5 nitrogen and oxygen atoms in total. The molecule has 2 rings (SSSR count). The van der Waals surface area contributed by atoms with Gasteiger partial charge in [0.1, 0.15) is 0 Å². The SMILES string of the molecule is CCNC(=NCc1ccccc1CO)NCC(C)COCc1ccccc1.I. The largest absolute Gasteiger partial charge is 0.392 e. The van der Waals surface area contributed by atoms with E-state index < -0.39 is 0 Å². The molecule has 0 fully saturated rings. The van der Waals surface area contributed by atoms with Gasteiger partial charge in [0.2, 0.25) is 0 Å². The third kappa shape index (κ3) is 9.03. The standard InChI is InChI=1S/C22H31N3O2.HI/c1-3-23-22(25-14-20-11-7-8-12-21(20)15-26)24-13-18(2)16-27-17-19-9-5-4-6-10-19;/h4-12,18,26H,3,13-17H2,1-2H3,(H2,23,24,25);1H. The van der Waals surface area contributed by atoms with E-state index in [0.29, 0.717) is 25.7 Å². The third-order valence-electron chi connectivity index (χ3n) is 4.17. The van der Waals surface area contributed by atoms with Gasteiger partial charge in [-0.15, -0.1) is 24.0 Å². The van der Waals surface area contributed by atoms with Gasteiger partial charge < -0.3 is 20.5 Å².